The van der Waals surface area contributed by atoms with Gasteiger partial charge in [0.1, 0.15) is 12.4 Å². The molecule has 3 N–H and O–H groups in total. The highest BCUT2D eigenvalue weighted by Gasteiger charge is 2.39. The number of benzene rings is 1. The standard InChI is InChI=1S/C21H20FN3O4/c1-3-9-10-4-15(23)14(22)6-16(10)24-18-12(9)7-25-17(18)5-11-13(20(25)26)8-29-21(27)19(11)28-2/h4-6,18-19,24H,3,7-8,23H2,1-2H3. The van der Waals surface area contributed by atoms with Crippen LogP contribution in [0.15, 0.2) is 28.6 Å². The molecule has 0 radical (unpaired) electrons. The number of allylic oxidation sites excluding steroid dienone is 1. The van der Waals surface area contributed by atoms with Gasteiger partial charge in [-0.1, -0.05) is 6.92 Å². The Balaban J connectivity index is 1.72. The van der Waals surface area contributed by atoms with Crippen molar-refractivity contribution >= 4 is 22.9 Å². The highest BCUT2D eigenvalue weighted by molar-refractivity contribution is 5.85. The number of halogens is 1. The van der Waals surface area contributed by atoms with Crippen molar-refractivity contribution in [1.82, 2.24) is 4.57 Å². The van der Waals surface area contributed by atoms with E-state index in [0.29, 0.717) is 23.4 Å². The van der Waals surface area contributed by atoms with Crippen LogP contribution in [0.4, 0.5) is 15.8 Å². The van der Waals surface area contributed by atoms with Crippen LogP contribution in [0.25, 0.3) is 5.57 Å². The Morgan fingerprint density at radius 3 is 2.86 bits per heavy atom. The van der Waals surface area contributed by atoms with Crippen LogP contribution in [0.2, 0.25) is 0 Å². The number of esters is 1. The average molecular weight is 397 g/mol. The van der Waals surface area contributed by atoms with Crippen molar-refractivity contribution in [2.24, 2.45) is 0 Å². The van der Waals surface area contributed by atoms with E-state index in [9.17, 15) is 14.0 Å². The van der Waals surface area contributed by atoms with Gasteiger partial charge in [0.05, 0.1) is 17.3 Å². The smallest absolute Gasteiger partial charge is 0.340 e. The number of fused-ring (bicyclic) bond motifs is 5. The molecule has 150 valence electrons. The van der Waals surface area contributed by atoms with Crippen LogP contribution in [0.5, 0.6) is 0 Å². The lowest BCUT2D eigenvalue weighted by Crippen LogP contribution is -2.33. The van der Waals surface area contributed by atoms with Gasteiger partial charge in [0, 0.05) is 36.2 Å². The maximum absolute atomic E-state index is 14.1. The molecule has 3 aliphatic heterocycles. The zero-order chi connectivity index (χ0) is 20.4. The molecule has 2 aromatic rings. The van der Waals surface area contributed by atoms with Gasteiger partial charge in [-0.05, 0) is 35.8 Å². The lowest BCUT2D eigenvalue weighted by molar-refractivity contribution is -0.159. The second kappa shape index (κ2) is 6.18. The quantitative estimate of drug-likeness (QED) is 0.598. The number of pyridine rings is 1. The minimum absolute atomic E-state index is 0.0626. The molecule has 0 saturated carbocycles. The minimum Gasteiger partial charge on any atom is -0.458 e. The van der Waals surface area contributed by atoms with E-state index >= 15 is 0 Å². The number of methoxy groups -OCH3 is 1. The van der Waals surface area contributed by atoms with Gasteiger partial charge in [-0.3, -0.25) is 4.79 Å². The van der Waals surface area contributed by atoms with Gasteiger partial charge in [0.15, 0.2) is 6.10 Å². The average Bonchev–Trinajstić information content (AvgIpc) is 3.06. The number of aromatic nitrogens is 1. The first kappa shape index (κ1) is 17.9. The number of nitrogens with two attached hydrogens (primary N) is 1. The number of hydrogen-bond donors (Lipinski definition) is 2. The number of nitrogen functional groups attached to an aromatic ring is 1. The summed E-state index contributed by atoms with van der Waals surface area (Å²) in [5.74, 6) is -0.995. The number of rotatable bonds is 2. The largest absolute Gasteiger partial charge is 0.458 e. The molecule has 5 rings (SSSR count). The third-order valence-electron chi connectivity index (χ3n) is 6.03. The van der Waals surface area contributed by atoms with E-state index in [2.05, 4.69) is 5.32 Å². The van der Waals surface area contributed by atoms with Crippen molar-refractivity contribution in [2.45, 2.75) is 38.6 Å². The van der Waals surface area contributed by atoms with Crippen molar-refractivity contribution in [3.05, 3.63) is 62.3 Å². The lowest BCUT2D eigenvalue weighted by atomic mass is 9.88. The first-order valence-corrected chi connectivity index (χ1v) is 9.48. The summed E-state index contributed by atoms with van der Waals surface area (Å²) in [6.07, 6.45) is -0.208. The third kappa shape index (κ3) is 2.38. The fourth-order valence-corrected chi connectivity index (χ4v) is 4.65. The number of nitrogens with zero attached hydrogens (tertiary/aromatic N) is 1. The van der Waals surface area contributed by atoms with Crippen LogP contribution < -0.4 is 16.6 Å². The normalized spacial score (nSPS) is 21.7. The van der Waals surface area contributed by atoms with Crippen LogP contribution in [0.3, 0.4) is 0 Å². The number of carbonyl (C=O) groups excluding carboxylic acids is 1. The Morgan fingerprint density at radius 1 is 1.34 bits per heavy atom. The highest BCUT2D eigenvalue weighted by Crippen LogP contribution is 2.47. The molecule has 2 atom stereocenters. The van der Waals surface area contributed by atoms with Crippen molar-refractivity contribution in [2.75, 3.05) is 18.2 Å². The molecule has 3 aliphatic rings. The fraction of sp³-hybridized carbons (Fsp3) is 0.333. The summed E-state index contributed by atoms with van der Waals surface area (Å²) < 4.78 is 26.2. The van der Waals surface area contributed by atoms with Crippen molar-refractivity contribution in [3.63, 3.8) is 0 Å². The van der Waals surface area contributed by atoms with Crippen LogP contribution >= 0.6 is 0 Å². The molecular formula is C21H20FN3O4. The summed E-state index contributed by atoms with van der Waals surface area (Å²) in [6.45, 7) is 2.38. The van der Waals surface area contributed by atoms with Crippen molar-refractivity contribution in [3.8, 4) is 0 Å². The van der Waals surface area contributed by atoms with E-state index in [0.717, 1.165) is 28.8 Å². The summed E-state index contributed by atoms with van der Waals surface area (Å²) in [6, 6.07) is 4.59. The van der Waals surface area contributed by atoms with Crippen LogP contribution in [0.1, 0.15) is 47.9 Å². The van der Waals surface area contributed by atoms with Crippen LogP contribution in [0, 0.1) is 5.82 Å². The number of ether oxygens (including phenoxy) is 2. The number of nitrogens with one attached hydrogen (secondary N) is 1. The predicted octanol–water partition coefficient (Wildman–Crippen LogP) is 2.66. The molecule has 0 bridgehead atoms. The molecule has 0 amide bonds. The number of hydrogen-bond acceptors (Lipinski definition) is 6. The second-order valence-corrected chi connectivity index (χ2v) is 7.47. The van der Waals surface area contributed by atoms with Gasteiger partial charge in [-0.15, -0.1) is 0 Å². The molecule has 29 heavy (non-hydrogen) atoms. The van der Waals surface area contributed by atoms with Gasteiger partial charge >= 0.3 is 5.97 Å². The van der Waals surface area contributed by atoms with Crippen molar-refractivity contribution in [1.29, 1.82) is 0 Å². The molecule has 0 fully saturated rings. The van der Waals surface area contributed by atoms with E-state index in [1.807, 2.05) is 13.0 Å². The maximum atomic E-state index is 14.1. The molecule has 0 aliphatic carbocycles. The summed E-state index contributed by atoms with van der Waals surface area (Å²) in [5.41, 5.74) is 11.0. The molecule has 2 unspecified atom stereocenters. The zero-order valence-electron chi connectivity index (χ0n) is 16.0. The molecule has 1 aromatic carbocycles. The molecule has 0 spiro atoms. The summed E-state index contributed by atoms with van der Waals surface area (Å²) in [7, 11) is 1.41. The Morgan fingerprint density at radius 2 is 2.14 bits per heavy atom. The lowest BCUT2D eigenvalue weighted by Gasteiger charge is -2.29. The predicted molar refractivity (Wildman–Crippen MR) is 105 cm³/mol. The van der Waals surface area contributed by atoms with Gasteiger partial charge in [-0.2, -0.15) is 0 Å². The Labute approximate surface area is 165 Å². The van der Waals surface area contributed by atoms with Gasteiger partial charge in [-0.25, -0.2) is 9.18 Å². The summed E-state index contributed by atoms with van der Waals surface area (Å²) >= 11 is 0. The van der Waals surface area contributed by atoms with Crippen LogP contribution in [-0.2, 0) is 27.4 Å². The van der Waals surface area contributed by atoms with E-state index in [-0.39, 0.29) is 23.9 Å². The minimum atomic E-state index is -0.927. The Kier molecular flexibility index (Phi) is 3.82. The molecule has 4 heterocycles. The van der Waals surface area contributed by atoms with Crippen LogP contribution in [-0.4, -0.2) is 17.6 Å². The topological polar surface area (TPSA) is 95.6 Å². The number of carbonyl (C=O) groups is 1. The second-order valence-electron chi connectivity index (χ2n) is 7.47. The first-order valence-electron chi connectivity index (χ1n) is 9.48. The summed E-state index contributed by atoms with van der Waals surface area (Å²) in [5, 5.41) is 3.36. The monoisotopic (exact) mass is 397 g/mol. The third-order valence-corrected chi connectivity index (χ3v) is 6.03. The number of anilines is 2. The van der Waals surface area contributed by atoms with E-state index < -0.39 is 17.9 Å². The first-order chi connectivity index (χ1) is 13.9. The van der Waals surface area contributed by atoms with Crippen molar-refractivity contribution < 1.29 is 18.7 Å². The van der Waals surface area contributed by atoms with E-state index in [1.165, 1.54) is 13.2 Å². The molecule has 0 saturated heterocycles. The van der Waals surface area contributed by atoms with Gasteiger partial charge in [0.25, 0.3) is 5.56 Å². The molecule has 8 heteroatoms. The SMILES string of the molecule is CCC1=C2Cn3c(cc4c(c3=O)COC(=O)C4OC)C2Nc2cc(F)c(N)cc21. The Hall–Kier alpha value is -3.13. The van der Waals surface area contributed by atoms with E-state index in [1.54, 1.807) is 10.6 Å². The molecular weight excluding hydrogens is 377 g/mol. The zero-order valence-corrected chi connectivity index (χ0v) is 16.0. The molecule has 1 aromatic heterocycles. The fourth-order valence-electron chi connectivity index (χ4n) is 4.65. The number of cyclic esters (lactones) is 1. The Bertz CT molecular complexity index is 1170. The van der Waals surface area contributed by atoms with Gasteiger partial charge < -0.3 is 25.1 Å². The summed E-state index contributed by atoms with van der Waals surface area (Å²) in [4.78, 5) is 25.3. The maximum Gasteiger partial charge on any atom is 0.340 e. The highest BCUT2D eigenvalue weighted by atomic mass is 19.1. The van der Waals surface area contributed by atoms with E-state index in [4.69, 9.17) is 15.2 Å². The van der Waals surface area contributed by atoms with Gasteiger partial charge in [0.2, 0.25) is 0 Å². The molecule has 7 nitrogen and oxygen atoms in total.